The lowest BCUT2D eigenvalue weighted by atomic mass is 9.94. The highest BCUT2D eigenvalue weighted by molar-refractivity contribution is 7.12. The predicted octanol–water partition coefficient (Wildman–Crippen LogP) is 2.74. The highest BCUT2D eigenvalue weighted by Crippen LogP contribution is 2.40. The summed E-state index contributed by atoms with van der Waals surface area (Å²) < 4.78 is 11.2. The molecule has 28 heavy (non-hydrogen) atoms. The van der Waals surface area contributed by atoms with Gasteiger partial charge < -0.3 is 19.5 Å². The number of carbonyl (C=O) groups excluding carboxylic acids is 1. The first-order valence-electron chi connectivity index (χ1n) is 9.38. The number of carbonyl (C=O) groups is 1. The average Bonchev–Trinajstić information content (AvgIpc) is 3.32. The first kappa shape index (κ1) is 17.5. The summed E-state index contributed by atoms with van der Waals surface area (Å²) in [4.78, 5) is 19.7. The van der Waals surface area contributed by atoms with E-state index >= 15 is 0 Å². The smallest absolute Gasteiger partial charge is 0.268 e. The minimum Gasteiger partial charge on any atom is -0.485 e. The van der Waals surface area contributed by atoms with Crippen LogP contribution in [0, 0.1) is 5.92 Å². The molecule has 2 aliphatic heterocycles. The van der Waals surface area contributed by atoms with Gasteiger partial charge in [0.2, 0.25) is 0 Å². The van der Waals surface area contributed by atoms with E-state index in [2.05, 4.69) is 11.1 Å². The van der Waals surface area contributed by atoms with Crippen LogP contribution in [0.25, 0.3) is 10.9 Å². The molecule has 144 valence electrons. The number of nitrogens with zero attached hydrogens (tertiary/aromatic N) is 2. The summed E-state index contributed by atoms with van der Waals surface area (Å²) in [7, 11) is 0. The Morgan fingerprint density at radius 1 is 1.21 bits per heavy atom. The number of para-hydroxylation sites is 1. The van der Waals surface area contributed by atoms with Crippen LogP contribution in [0.2, 0.25) is 0 Å². The van der Waals surface area contributed by atoms with Gasteiger partial charge in [-0.15, -0.1) is 11.3 Å². The van der Waals surface area contributed by atoms with Crippen LogP contribution in [0.5, 0.6) is 11.5 Å². The Labute approximate surface area is 166 Å². The molecule has 7 heteroatoms. The highest BCUT2D eigenvalue weighted by Gasteiger charge is 2.37. The Kier molecular flexibility index (Phi) is 4.41. The van der Waals surface area contributed by atoms with Crippen molar-refractivity contribution in [2.75, 3.05) is 26.3 Å². The van der Waals surface area contributed by atoms with Gasteiger partial charge in [0.1, 0.15) is 18.1 Å². The van der Waals surface area contributed by atoms with E-state index in [1.165, 1.54) is 11.3 Å². The Hall–Kier alpha value is -2.64. The standard InChI is InChI=1S/C21H20N2O4S/c24-17-11-23(21(25)20-19-18(12-28-20)26-7-8-27-19)10-14(17)9-13-5-6-22-16-4-2-1-3-15(13)16/h1-6,12,14,17,24H,7-11H2/t14-,17+/m1/s1. The molecule has 0 bridgehead atoms. The molecule has 2 atom stereocenters. The number of aliphatic hydroxyl groups is 1. The number of β-amino-alcohol motifs (C(OH)–C–C–N with tert-alkyl or cyclic N) is 1. The number of fused-ring (bicyclic) bond motifs is 2. The molecular formula is C21H20N2O4S. The van der Waals surface area contributed by atoms with E-state index in [4.69, 9.17) is 9.47 Å². The number of aliphatic hydroxyl groups excluding tert-OH is 1. The van der Waals surface area contributed by atoms with Gasteiger partial charge in [0, 0.05) is 36.0 Å². The molecule has 1 fully saturated rings. The summed E-state index contributed by atoms with van der Waals surface area (Å²) in [5, 5.41) is 13.5. The molecule has 1 amide bonds. The Morgan fingerprint density at radius 2 is 2.07 bits per heavy atom. The lowest BCUT2D eigenvalue weighted by Crippen LogP contribution is -2.29. The van der Waals surface area contributed by atoms with Crippen molar-refractivity contribution in [3.63, 3.8) is 0 Å². The molecule has 0 aliphatic carbocycles. The van der Waals surface area contributed by atoms with Crippen molar-refractivity contribution in [2.45, 2.75) is 12.5 Å². The maximum Gasteiger partial charge on any atom is 0.268 e. The van der Waals surface area contributed by atoms with Gasteiger partial charge in [0.15, 0.2) is 11.5 Å². The third-order valence-electron chi connectivity index (χ3n) is 5.41. The number of thiophene rings is 1. The molecule has 2 aliphatic rings. The Balaban J connectivity index is 1.35. The quantitative estimate of drug-likeness (QED) is 0.737. The number of amides is 1. The summed E-state index contributed by atoms with van der Waals surface area (Å²) in [6.45, 7) is 1.80. The van der Waals surface area contributed by atoms with Crippen molar-refractivity contribution in [3.05, 3.63) is 52.3 Å². The minimum atomic E-state index is -0.552. The number of hydrogen-bond acceptors (Lipinski definition) is 6. The number of ether oxygens (including phenoxy) is 2. The van der Waals surface area contributed by atoms with Crippen molar-refractivity contribution in [1.29, 1.82) is 0 Å². The first-order valence-corrected chi connectivity index (χ1v) is 10.3. The highest BCUT2D eigenvalue weighted by atomic mass is 32.1. The summed E-state index contributed by atoms with van der Waals surface area (Å²) in [6, 6.07) is 10.0. The fourth-order valence-electron chi connectivity index (χ4n) is 3.99. The molecule has 2 aromatic heterocycles. The van der Waals surface area contributed by atoms with Gasteiger partial charge in [-0.3, -0.25) is 9.78 Å². The van der Waals surface area contributed by atoms with E-state index in [9.17, 15) is 9.90 Å². The van der Waals surface area contributed by atoms with E-state index in [0.717, 1.165) is 16.5 Å². The van der Waals surface area contributed by atoms with Crippen molar-refractivity contribution in [2.24, 2.45) is 5.92 Å². The first-order chi connectivity index (χ1) is 13.7. The van der Waals surface area contributed by atoms with E-state index in [-0.39, 0.29) is 11.8 Å². The molecule has 0 spiro atoms. The van der Waals surface area contributed by atoms with Crippen molar-refractivity contribution in [3.8, 4) is 11.5 Å². The molecule has 5 rings (SSSR count). The number of pyridine rings is 1. The molecule has 0 radical (unpaired) electrons. The molecule has 3 aromatic rings. The normalized spacial score (nSPS) is 21.2. The fraction of sp³-hybridized carbons (Fsp3) is 0.333. The van der Waals surface area contributed by atoms with Crippen LogP contribution >= 0.6 is 11.3 Å². The van der Waals surface area contributed by atoms with Crippen molar-refractivity contribution < 1.29 is 19.4 Å². The van der Waals surface area contributed by atoms with Crippen LogP contribution < -0.4 is 9.47 Å². The van der Waals surface area contributed by atoms with Crippen LogP contribution in [0.15, 0.2) is 41.9 Å². The third-order valence-corrected chi connectivity index (χ3v) is 6.34. The van der Waals surface area contributed by atoms with Gasteiger partial charge in [-0.2, -0.15) is 0 Å². The van der Waals surface area contributed by atoms with E-state index in [1.54, 1.807) is 11.1 Å². The SMILES string of the molecule is O=C(c1scc2c1OCCO2)N1C[C@@H](Cc2ccnc3ccccc23)[C@@H](O)C1. The van der Waals surface area contributed by atoms with Gasteiger partial charge in [-0.25, -0.2) is 0 Å². The largest absolute Gasteiger partial charge is 0.485 e. The summed E-state index contributed by atoms with van der Waals surface area (Å²) in [5.74, 6) is 1.07. The van der Waals surface area contributed by atoms with E-state index in [1.807, 2.05) is 29.6 Å². The number of benzene rings is 1. The fourth-order valence-corrected chi connectivity index (χ4v) is 4.89. The van der Waals surface area contributed by atoms with Crippen molar-refractivity contribution >= 4 is 28.1 Å². The van der Waals surface area contributed by atoms with Gasteiger partial charge in [-0.1, -0.05) is 18.2 Å². The lowest BCUT2D eigenvalue weighted by Gasteiger charge is -2.19. The second kappa shape index (κ2) is 7.07. The average molecular weight is 396 g/mol. The minimum absolute atomic E-state index is 0.0114. The Bertz CT molecular complexity index is 1030. The molecule has 4 heterocycles. The van der Waals surface area contributed by atoms with Gasteiger partial charge in [0.05, 0.1) is 11.6 Å². The monoisotopic (exact) mass is 396 g/mol. The zero-order chi connectivity index (χ0) is 19.1. The van der Waals surface area contributed by atoms with Crippen LogP contribution in [0.4, 0.5) is 0 Å². The van der Waals surface area contributed by atoms with Gasteiger partial charge in [0.25, 0.3) is 5.91 Å². The molecule has 0 unspecified atom stereocenters. The second-order valence-corrected chi connectivity index (χ2v) is 8.06. The molecule has 1 N–H and O–H groups in total. The summed E-state index contributed by atoms with van der Waals surface area (Å²) in [6.07, 6.45) is 1.96. The summed E-state index contributed by atoms with van der Waals surface area (Å²) >= 11 is 1.34. The maximum atomic E-state index is 13.0. The lowest BCUT2D eigenvalue weighted by molar-refractivity contribution is 0.0760. The topological polar surface area (TPSA) is 71.9 Å². The maximum absolute atomic E-state index is 13.0. The number of hydrogen-bond donors (Lipinski definition) is 1. The number of rotatable bonds is 3. The molecule has 0 saturated carbocycles. The number of likely N-dealkylation sites (tertiary alicyclic amines) is 1. The van der Waals surface area contributed by atoms with Crippen LogP contribution in [0.1, 0.15) is 15.2 Å². The zero-order valence-electron chi connectivity index (χ0n) is 15.2. The van der Waals surface area contributed by atoms with Crippen LogP contribution in [0.3, 0.4) is 0 Å². The zero-order valence-corrected chi connectivity index (χ0v) is 16.0. The third kappa shape index (κ3) is 3.00. The number of aromatic nitrogens is 1. The van der Waals surface area contributed by atoms with Crippen LogP contribution in [-0.4, -0.2) is 53.3 Å². The van der Waals surface area contributed by atoms with Gasteiger partial charge >= 0.3 is 0 Å². The molecular weight excluding hydrogens is 376 g/mol. The van der Waals surface area contributed by atoms with E-state index < -0.39 is 6.10 Å². The predicted molar refractivity (Wildman–Crippen MR) is 106 cm³/mol. The van der Waals surface area contributed by atoms with Crippen molar-refractivity contribution in [1.82, 2.24) is 9.88 Å². The molecule has 1 saturated heterocycles. The second-order valence-electron chi connectivity index (χ2n) is 7.18. The van der Waals surface area contributed by atoms with Gasteiger partial charge in [-0.05, 0) is 24.1 Å². The Morgan fingerprint density at radius 3 is 3.00 bits per heavy atom. The molecule has 6 nitrogen and oxygen atoms in total. The summed E-state index contributed by atoms with van der Waals surface area (Å²) in [5.41, 5.74) is 2.09. The molecule has 1 aromatic carbocycles. The van der Waals surface area contributed by atoms with Crippen LogP contribution in [-0.2, 0) is 6.42 Å². The van der Waals surface area contributed by atoms with E-state index in [0.29, 0.717) is 49.1 Å².